The van der Waals surface area contributed by atoms with Crippen molar-refractivity contribution in [3.8, 4) is 0 Å². The summed E-state index contributed by atoms with van der Waals surface area (Å²) in [5.74, 6) is 0.872. The molecule has 1 aliphatic rings. The molecule has 17 heavy (non-hydrogen) atoms. The molecule has 1 heterocycles. The third-order valence-electron chi connectivity index (χ3n) is 4.31. The van der Waals surface area contributed by atoms with Crippen LogP contribution in [-0.4, -0.2) is 36.9 Å². The van der Waals surface area contributed by atoms with Crippen molar-refractivity contribution in [2.45, 2.75) is 52.5 Å². The topological polar surface area (TPSA) is 46.3 Å². The van der Waals surface area contributed by atoms with Crippen molar-refractivity contribution >= 4 is 5.78 Å². The number of rotatable bonds is 5. The van der Waals surface area contributed by atoms with Crippen molar-refractivity contribution in [1.29, 1.82) is 0 Å². The fourth-order valence-corrected chi connectivity index (χ4v) is 2.44. The van der Waals surface area contributed by atoms with Gasteiger partial charge in [-0.25, -0.2) is 0 Å². The van der Waals surface area contributed by atoms with Crippen LogP contribution >= 0.6 is 0 Å². The highest BCUT2D eigenvalue weighted by molar-refractivity contribution is 5.88. The quantitative estimate of drug-likeness (QED) is 0.800. The first kappa shape index (κ1) is 14.7. The van der Waals surface area contributed by atoms with E-state index in [2.05, 4.69) is 18.9 Å². The molecule has 2 N–H and O–H groups in total. The van der Waals surface area contributed by atoms with E-state index >= 15 is 0 Å². The van der Waals surface area contributed by atoms with Gasteiger partial charge in [0.05, 0.1) is 6.04 Å². The summed E-state index contributed by atoms with van der Waals surface area (Å²) in [6, 6.07) is -0.265. The van der Waals surface area contributed by atoms with Crippen molar-refractivity contribution in [1.82, 2.24) is 4.90 Å². The van der Waals surface area contributed by atoms with Crippen LogP contribution in [0.25, 0.3) is 0 Å². The van der Waals surface area contributed by atoms with Crippen LogP contribution in [0, 0.1) is 11.3 Å². The van der Waals surface area contributed by atoms with E-state index in [1.165, 1.54) is 12.8 Å². The summed E-state index contributed by atoms with van der Waals surface area (Å²) in [4.78, 5) is 14.5. The smallest absolute Gasteiger partial charge is 0.155 e. The number of piperidine rings is 1. The first-order valence-corrected chi connectivity index (χ1v) is 6.85. The maximum absolute atomic E-state index is 12.2. The van der Waals surface area contributed by atoms with E-state index in [-0.39, 0.29) is 17.2 Å². The SMILES string of the molecule is CCC(C)(C)C(=O)C(N)CC1CCN(C)CC1. The lowest BCUT2D eigenvalue weighted by Gasteiger charge is -2.32. The van der Waals surface area contributed by atoms with E-state index in [9.17, 15) is 4.79 Å². The number of nitrogens with zero attached hydrogens (tertiary/aromatic N) is 1. The maximum atomic E-state index is 12.2. The predicted molar refractivity (Wildman–Crippen MR) is 71.9 cm³/mol. The second-order valence-electron chi connectivity index (χ2n) is 6.19. The second kappa shape index (κ2) is 5.96. The molecule has 1 atom stereocenters. The zero-order valence-electron chi connectivity index (χ0n) is 11.8. The van der Waals surface area contributed by atoms with Crippen LogP contribution < -0.4 is 5.73 Å². The molecule has 100 valence electrons. The van der Waals surface area contributed by atoms with Crippen LogP contribution in [-0.2, 0) is 4.79 Å². The zero-order chi connectivity index (χ0) is 13.1. The molecule has 3 nitrogen and oxygen atoms in total. The summed E-state index contributed by atoms with van der Waals surface area (Å²) in [5, 5.41) is 0. The molecule has 0 spiro atoms. The highest BCUT2D eigenvalue weighted by atomic mass is 16.1. The minimum atomic E-state index is -0.265. The monoisotopic (exact) mass is 240 g/mol. The van der Waals surface area contributed by atoms with Crippen LogP contribution in [0.4, 0.5) is 0 Å². The number of Topliss-reactive ketones (excluding diaryl/α,β-unsaturated/α-hetero) is 1. The Hall–Kier alpha value is -0.410. The van der Waals surface area contributed by atoms with E-state index in [1.54, 1.807) is 0 Å². The molecule has 1 saturated heterocycles. The fourth-order valence-electron chi connectivity index (χ4n) is 2.44. The van der Waals surface area contributed by atoms with Crippen molar-refractivity contribution in [2.24, 2.45) is 17.1 Å². The molecule has 1 unspecified atom stereocenters. The number of hydrogen-bond acceptors (Lipinski definition) is 3. The van der Waals surface area contributed by atoms with Gasteiger partial charge >= 0.3 is 0 Å². The van der Waals surface area contributed by atoms with Gasteiger partial charge in [-0.2, -0.15) is 0 Å². The van der Waals surface area contributed by atoms with Crippen molar-refractivity contribution in [3.05, 3.63) is 0 Å². The van der Waals surface area contributed by atoms with E-state index in [0.29, 0.717) is 5.92 Å². The average molecular weight is 240 g/mol. The van der Waals surface area contributed by atoms with Crippen molar-refractivity contribution < 1.29 is 4.79 Å². The Morgan fingerprint density at radius 1 is 1.41 bits per heavy atom. The average Bonchev–Trinajstić information content (AvgIpc) is 2.31. The van der Waals surface area contributed by atoms with Gasteiger partial charge in [-0.3, -0.25) is 4.79 Å². The third-order valence-corrected chi connectivity index (χ3v) is 4.31. The summed E-state index contributed by atoms with van der Waals surface area (Å²) in [5.41, 5.74) is 5.82. The molecule has 3 heteroatoms. The lowest BCUT2D eigenvalue weighted by molar-refractivity contribution is -0.129. The molecule has 0 amide bonds. The summed E-state index contributed by atoms with van der Waals surface area (Å²) < 4.78 is 0. The molecule has 0 aromatic heterocycles. The Bertz CT molecular complexity index is 255. The largest absolute Gasteiger partial charge is 0.321 e. The number of hydrogen-bond donors (Lipinski definition) is 1. The van der Waals surface area contributed by atoms with Gasteiger partial charge in [0.1, 0.15) is 0 Å². The third kappa shape index (κ3) is 4.07. The van der Waals surface area contributed by atoms with Crippen LogP contribution in [0.5, 0.6) is 0 Å². The normalized spacial score (nSPS) is 21.5. The minimum absolute atomic E-state index is 0.235. The van der Waals surface area contributed by atoms with Gasteiger partial charge in [-0.05, 0) is 51.7 Å². The van der Waals surface area contributed by atoms with Gasteiger partial charge < -0.3 is 10.6 Å². The molecular weight excluding hydrogens is 212 g/mol. The first-order valence-electron chi connectivity index (χ1n) is 6.85. The fraction of sp³-hybridized carbons (Fsp3) is 0.929. The molecule has 1 fully saturated rings. The van der Waals surface area contributed by atoms with E-state index in [4.69, 9.17) is 5.73 Å². The van der Waals surface area contributed by atoms with Crippen molar-refractivity contribution in [3.63, 3.8) is 0 Å². The molecule has 0 bridgehead atoms. The lowest BCUT2D eigenvalue weighted by atomic mass is 9.78. The summed E-state index contributed by atoms with van der Waals surface area (Å²) in [6.07, 6.45) is 4.11. The Kier molecular flexibility index (Phi) is 5.14. The Labute approximate surface area is 106 Å². The number of ketones is 1. The predicted octanol–water partition coefficient (Wildman–Crippen LogP) is 2.05. The Morgan fingerprint density at radius 2 is 1.94 bits per heavy atom. The standard InChI is InChI=1S/C14H28N2O/c1-5-14(2,3)13(17)12(15)10-11-6-8-16(4)9-7-11/h11-12H,5-10,15H2,1-4H3. The van der Waals surface area contributed by atoms with Gasteiger partial charge in [0.15, 0.2) is 5.78 Å². The van der Waals surface area contributed by atoms with Crippen LogP contribution in [0.2, 0.25) is 0 Å². The summed E-state index contributed by atoms with van der Waals surface area (Å²) in [7, 11) is 2.15. The second-order valence-corrected chi connectivity index (χ2v) is 6.19. The molecular formula is C14H28N2O. The minimum Gasteiger partial charge on any atom is -0.321 e. The van der Waals surface area contributed by atoms with Crippen molar-refractivity contribution in [2.75, 3.05) is 20.1 Å². The van der Waals surface area contributed by atoms with Crippen LogP contribution in [0.3, 0.4) is 0 Å². The Balaban J connectivity index is 2.44. The van der Waals surface area contributed by atoms with Crippen LogP contribution in [0.1, 0.15) is 46.5 Å². The molecule has 1 rings (SSSR count). The number of carbonyl (C=O) groups is 1. The van der Waals surface area contributed by atoms with Gasteiger partial charge in [-0.1, -0.05) is 20.8 Å². The Morgan fingerprint density at radius 3 is 2.41 bits per heavy atom. The molecule has 1 aliphatic heterocycles. The molecule has 0 aliphatic carbocycles. The zero-order valence-corrected chi connectivity index (χ0v) is 11.8. The van der Waals surface area contributed by atoms with Gasteiger partial charge in [0.2, 0.25) is 0 Å². The van der Waals surface area contributed by atoms with Gasteiger partial charge in [0, 0.05) is 5.41 Å². The van der Waals surface area contributed by atoms with E-state index < -0.39 is 0 Å². The molecule has 0 saturated carbocycles. The lowest BCUT2D eigenvalue weighted by Crippen LogP contribution is -2.42. The van der Waals surface area contributed by atoms with Gasteiger partial charge in [-0.15, -0.1) is 0 Å². The molecule has 0 aromatic rings. The highest BCUT2D eigenvalue weighted by Gasteiger charge is 2.31. The number of likely N-dealkylation sites (tertiary alicyclic amines) is 1. The van der Waals surface area contributed by atoms with E-state index in [1.807, 2.05) is 13.8 Å². The summed E-state index contributed by atoms with van der Waals surface area (Å²) >= 11 is 0. The molecule has 0 radical (unpaired) electrons. The maximum Gasteiger partial charge on any atom is 0.155 e. The van der Waals surface area contributed by atoms with Gasteiger partial charge in [0.25, 0.3) is 0 Å². The van der Waals surface area contributed by atoms with Crippen LogP contribution in [0.15, 0.2) is 0 Å². The highest BCUT2D eigenvalue weighted by Crippen LogP contribution is 2.26. The number of carbonyl (C=O) groups excluding carboxylic acids is 1. The summed E-state index contributed by atoms with van der Waals surface area (Å²) in [6.45, 7) is 8.35. The molecule has 0 aromatic carbocycles. The number of nitrogens with two attached hydrogens (primary N) is 1. The first-order chi connectivity index (χ1) is 7.86. The van der Waals surface area contributed by atoms with E-state index in [0.717, 1.165) is 25.9 Å².